The summed E-state index contributed by atoms with van der Waals surface area (Å²) in [5.74, 6) is -0.633. The van der Waals surface area contributed by atoms with Gasteiger partial charge in [-0.25, -0.2) is 13.2 Å². The Morgan fingerprint density at radius 2 is 1.70 bits per heavy atom. The minimum atomic E-state index is -3.87. The van der Waals surface area contributed by atoms with Crippen LogP contribution in [0.1, 0.15) is 10.4 Å². The van der Waals surface area contributed by atoms with Crippen molar-refractivity contribution in [3.05, 3.63) is 47.0 Å². The zero-order chi connectivity index (χ0) is 24.0. The van der Waals surface area contributed by atoms with Crippen LogP contribution in [0, 0.1) is 0 Å². The average Bonchev–Trinajstić information content (AvgIpc) is 2.83. The Bertz CT molecular complexity index is 1110. The summed E-state index contributed by atoms with van der Waals surface area (Å²) in [6.07, 6.45) is 0. The Labute approximate surface area is 196 Å². The molecule has 0 bridgehead atoms. The summed E-state index contributed by atoms with van der Waals surface area (Å²) in [5.41, 5.74) is 0.333. The van der Waals surface area contributed by atoms with Gasteiger partial charge in [0.2, 0.25) is 10.0 Å². The Morgan fingerprint density at radius 3 is 2.30 bits per heavy atom. The number of morpholine rings is 1. The van der Waals surface area contributed by atoms with E-state index >= 15 is 0 Å². The van der Waals surface area contributed by atoms with E-state index in [-0.39, 0.29) is 47.5 Å². The van der Waals surface area contributed by atoms with E-state index < -0.39 is 28.5 Å². The van der Waals surface area contributed by atoms with Gasteiger partial charge in [0.1, 0.15) is 16.4 Å². The third-order valence-corrected chi connectivity index (χ3v) is 7.10. The van der Waals surface area contributed by atoms with Crippen molar-refractivity contribution >= 4 is 39.2 Å². The largest absolute Gasteiger partial charge is 0.497 e. The molecule has 1 aliphatic heterocycles. The smallest absolute Gasteiger partial charge is 0.338 e. The van der Waals surface area contributed by atoms with Gasteiger partial charge in [-0.15, -0.1) is 0 Å². The van der Waals surface area contributed by atoms with Gasteiger partial charge in [0, 0.05) is 24.8 Å². The molecule has 178 valence electrons. The average molecular weight is 499 g/mol. The lowest BCUT2D eigenvalue weighted by atomic mass is 10.2. The first-order valence-corrected chi connectivity index (χ1v) is 11.6. The Kier molecular flexibility index (Phi) is 8.14. The van der Waals surface area contributed by atoms with Crippen molar-refractivity contribution < 1.29 is 37.0 Å². The van der Waals surface area contributed by atoms with Crippen molar-refractivity contribution in [1.29, 1.82) is 0 Å². The number of nitrogens with zero attached hydrogens (tertiary/aromatic N) is 1. The van der Waals surface area contributed by atoms with Gasteiger partial charge >= 0.3 is 5.97 Å². The monoisotopic (exact) mass is 498 g/mol. The fourth-order valence-corrected chi connectivity index (χ4v) is 4.95. The fourth-order valence-electron chi connectivity index (χ4n) is 3.04. The van der Waals surface area contributed by atoms with E-state index in [0.29, 0.717) is 11.5 Å². The molecule has 3 rings (SSSR count). The molecule has 0 atom stereocenters. The number of ether oxygens (including phenoxy) is 4. The van der Waals surface area contributed by atoms with Gasteiger partial charge in [0.05, 0.1) is 38.0 Å². The Morgan fingerprint density at radius 1 is 1.06 bits per heavy atom. The maximum absolute atomic E-state index is 12.9. The second-order valence-electron chi connectivity index (χ2n) is 6.89. The lowest BCUT2D eigenvalue weighted by Crippen LogP contribution is -2.40. The van der Waals surface area contributed by atoms with Crippen molar-refractivity contribution in [2.45, 2.75) is 4.90 Å². The molecule has 0 aromatic heterocycles. The first-order valence-electron chi connectivity index (χ1n) is 9.82. The molecule has 0 saturated carbocycles. The van der Waals surface area contributed by atoms with Gasteiger partial charge in [0.25, 0.3) is 5.91 Å². The van der Waals surface area contributed by atoms with E-state index in [9.17, 15) is 18.0 Å². The summed E-state index contributed by atoms with van der Waals surface area (Å²) in [6, 6.07) is 8.58. The minimum absolute atomic E-state index is 0.0258. The molecule has 33 heavy (non-hydrogen) atoms. The molecule has 1 fully saturated rings. The number of halogens is 1. The third kappa shape index (κ3) is 6.14. The van der Waals surface area contributed by atoms with Crippen LogP contribution < -0.4 is 14.8 Å². The maximum atomic E-state index is 12.9. The molecule has 2 aromatic rings. The molecule has 0 aliphatic carbocycles. The first-order chi connectivity index (χ1) is 15.7. The molecule has 1 aliphatic rings. The van der Waals surface area contributed by atoms with E-state index in [1.165, 1.54) is 48.9 Å². The van der Waals surface area contributed by atoms with Gasteiger partial charge in [-0.1, -0.05) is 11.6 Å². The van der Waals surface area contributed by atoms with Crippen LogP contribution in [-0.4, -0.2) is 71.7 Å². The molecule has 10 nitrogen and oxygen atoms in total. The summed E-state index contributed by atoms with van der Waals surface area (Å²) in [4.78, 5) is 24.5. The summed E-state index contributed by atoms with van der Waals surface area (Å²) in [6.45, 7) is 0.405. The normalized spacial score (nSPS) is 14.4. The van der Waals surface area contributed by atoms with Crippen molar-refractivity contribution in [1.82, 2.24) is 4.31 Å². The zero-order valence-electron chi connectivity index (χ0n) is 18.0. The summed E-state index contributed by atoms with van der Waals surface area (Å²) >= 11 is 6.12. The highest BCUT2D eigenvalue weighted by Gasteiger charge is 2.28. The molecular weight excluding hydrogens is 476 g/mol. The van der Waals surface area contributed by atoms with Crippen LogP contribution in [0.5, 0.6) is 11.5 Å². The van der Waals surface area contributed by atoms with Crippen molar-refractivity contribution in [3.8, 4) is 11.5 Å². The topological polar surface area (TPSA) is 120 Å². The number of benzene rings is 2. The van der Waals surface area contributed by atoms with Gasteiger partial charge in [0.15, 0.2) is 6.61 Å². The molecule has 0 spiro atoms. The van der Waals surface area contributed by atoms with Crippen LogP contribution in [0.4, 0.5) is 5.69 Å². The van der Waals surface area contributed by atoms with E-state index in [4.69, 9.17) is 30.5 Å². The highest BCUT2D eigenvalue weighted by Crippen LogP contribution is 2.28. The number of nitrogens with one attached hydrogen (secondary N) is 1. The minimum Gasteiger partial charge on any atom is -0.497 e. The highest BCUT2D eigenvalue weighted by molar-refractivity contribution is 7.89. The molecule has 1 amide bonds. The van der Waals surface area contributed by atoms with Crippen molar-refractivity contribution in [2.75, 3.05) is 52.4 Å². The summed E-state index contributed by atoms with van der Waals surface area (Å²) < 4.78 is 47.5. The van der Waals surface area contributed by atoms with E-state index in [1.807, 2.05) is 0 Å². The third-order valence-electron chi connectivity index (χ3n) is 4.72. The molecule has 1 saturated heterocycles. The van der Waals surface area contributed by atoms with Gasteiger partial charge in [-0.2, -0.15) is 4.31 Å². The molecule has 1 N–H and O–H groups in total. The number of esters is 1. The molecular formula is C21H23ClN2O8S. The first kappa shape index (κ1) is 24.8. The van der Waals surface area contributed by atoms with Gasteiger partial charge in [-0.3, -0.25) is 4.79 Å². The highest BCUT2D eigenvalue weighted by atomic mass is 35.5. The lowest BCUT2D eigenvalue weighted by Gasteiger charge is -2.26. The predicted molar refractivity (Wildman–Crippen MR) is 119 cm³/mol. The number of anilines is 1. The Hall–Kier alpha value is -2.86. The Balaban J connectivity index is 1.66. The quantitative estimate of drug-likeness (QED) is 0.550. The van der Waals surface area contributed by atoms with Crippen LogP contribution >= 0.6 is 11.6 Å². The number of carbonyl (C=O) groups is 2. The number of rotatable bonds is 8. The van der Waals surface area contributed by atoms with Crippen molar-refractivity contribution in [2.24, 2.45) is 0 Å². The molecule has 2 aromatic carbocycles. The lowest BCUT2D eigenvalue weighted by molar-refractivity contribution is -0.119. The number of sulfonamides is 1. The van der Waals surface area contributed by atoms with E-state index in [1.54, 1.807) is 6.07 Å². The van der Waals surface area contributed by atoms with Crippen LogP contribution in [0.25, 0.3) is 0 Å². The van der Waals surface area contributed by atoms with Crippen LogP contribution in [0.15, 0.2) is 41.3 Å². The number of methoxy groups -OCH3 is 2. The van der Waals surface area contributed by atoms with E-state index in [2.05, 4.69) is 5.32 Å². The fraction of sp³-hybridized carbons (Fsp3) is 0.333. The zero-order valence-corrected chi connectivity index (χ0v) is 19.6. The van der Waals surface area contributed by atoms with Gasteiger partial charge in [-0.05, 0) is 30.3 Å². The number of carbonyl (C=O) groups excluding carboxylic acids is 2. The van der Waals surface area contributed by atoms with Gasteiger partial charge < -0.3 is 24.3 Å². The van der Waals surface area contributed by atoms with Crippen LogP contribution in [0.3, 0.4) is 0 Å². The van der Waals surface area contributed by atoms with Crippen LogP contribution in [0.2, 0.25) is 5.02 Å². The number of hydrogen-bond donors (Lipinski definition) is 1. The number of hydrogen-bond acceptors (Lipinski definition) is 8. The standard InChI is InChI=1S/C21H23ClN2O8S/c1-29-16-9-14(10-17(12-16)30-2)21(26)32-13-20(25)23-15-3-4-18(22)19(11-15)33(27,28)24-5-7-31-8-6-24/h3-4,9-12H,5-8,13H2,1-2H3,(H,23,25). The van der Waals surface area contributed by atoms with E-state index in [0.717, 1.165) is 0 Å². The maximum Gasteiger partial charge on any atom is 0.338 e. The SMILES string of the molecule is COc1cc(OC)cc(C(=O)OCC(=O)Nc2ccc(Cl)c(S(=O)(=O)N3CCOCC3)c2)c1. The summed E-state index contributed by atoms with van der Waals surface area (Å²) in [7, 11) is -0.982. The molecule has 0 unspecified atom stereocenters. The number of amides is 1. The van der Waals surface area contributed by atoms with Crippen molar-refractivity contribution in [3.63, 3.8) is 0 Å². The second-order valence-corrected chi connectivity index (χ2v) is 9.20. The molecule has 12 heteroatoms. The molecule has 1 heterocycles. The second kappa shape index (κ2) is 10.8. The predicted octanol–water partition coefficient (Wildman–Crippen LogP) is 2.17. The van der Waals surface area contributed by atoms with Crippen LogP contribution in [-0.2, 0) is 24.3 Å². The summed E-state index contributed by atoms with van der Waals surface area (Å²) in [5, 5.41) is 2.53. The molecule has 0 radical (unpaired) electrons.